The van der Waals surface area contributed by atoms with Gasteiger partial charge < -0.3 is 31.2 Å². The zero-order valence-corrected chi connectivity index (χ0v) is 22.8. The first-order valence-corrected chi connectivity index (χ1v) is 14.6. The Morgan fingerprint density at radius 2 is 0.639 bits per heavy atom. The van der Waals surface area contributed by atoms with Crippen molar-refractivity contribution in [3.05, 3.63) is 0 Å². The summed E-state index contributed by atoms with van der Waals surface area (Å²) in [5.74, 6) is -1.02. The predicted molar refractivity (Wildman–Crippen MR) is 144 cm³/mol. The van der Waals surface area contributed by atoms with Crippen LogP contribution in [0.4, 0.5) is 0 Å². The Bertz CT molecular complexity index is 462. The maximum Gasteiger partial charge on any atom is 0.325 e. The molecule has 36 heavy (non-hydrogen) atoms. The van der Waals surface area contributed by atoms with Crippen LogP contribution in [0, 0.1) is 0 Å². The molecular weight excluding hydrogens is 460 g/mol. The van der Waals surface area contributed by atoms with Crippen LogP contribution in [0.1, 0.15) is 128 Å². The van der Waals surface area contributed by atoms with E-state index < -0.39 is 24.0 Å². The fourth-order valence-electron chi connectivity index (χ4n) is 4.09. The molecule has 214 valence electrons. The van der Waals surface area contributed by atoms with E-state index in [1.165, 1.54) is 103 Å². The summed E-state index contributed by atoms with van der Waals surface area (Å²) in [4.78, 5) is 22.6. The molecule has 0 saturated heterocycles. The highest BCUT2D eigenvalue weighted by Crippen LogP contribution is 2.15. The van der Waals surface area contributed by atoms with E-state index in [2.05, 4.69) is 0 Å². The van der Waals surface area contributed by atoms with E-state index in [0.29, 0.717) is 13.2 Å². The Morgan fingerprint density at radius 1 is 0.444 bits per heavy atom. The molecule has 2 atom stereocenters. The van der Waals surface area contributed by atoms with Gasteiger partial charge in [-0.2, -0.15) is 0 Å². The average Bonchev–Trinajstić information content (AvgIpc) is 2.89. The van der Waals surface area contributed by atoms with Crippen molar-refractivity contribution in [1.82, 2.24) is 0 Å². The molecule has 0 aliphatic rings. The highest BCUT2D eigenvalue weighted by Gasteiger charge is 2.13. The lowest BCUT2D eigenvalue weighted by Gasteiger charge is -2.08. The maximum absolute atomic E-state index is 11.3. The molecule has 0 aliphatic heterocycles. The monoisotopic (exact) mass is 516 g/mol. The summed E-state index contributed by atoms with van der Waals surface area (Å²) in [6.45, 7) is 0.0711. The largest absolute Gasteiger partial charge is 0.464 e. The van der Waals surface area contributed by atoms with Crippen LogP contribution in [-0.2, 0) is 19.1 Å². The minimum atomic E-state index is -0.907. The second-order valence-corrected chi connectivity index (χ2v) is 9.98. The van der Waals surface area contributed by atoms with Crippen LogP contribution in [0.25, 0.3) is 0 Å². The summed E-state index contributed by atoms with van der Waals surface area (Å²) in [7, 11) is 0. The average molecular weight is 517 g/mol. The zero-order chi connectivity index (χ0) is 26.7. The van der Waals surface area contributed by atoms with Gasteiger partial charge in [-0.15, -0.1) is 0 Å². The number of aliphatic hydroxyl groups excluding tert-OH is 2. The number of carbonyl (C=O) groups excluding carboxylic acids is 2. The SMILES string of the molecule is NC(CO)C(=O)OCCCCCCCCCCCCCCCCCCCCCCOC(=O)C(N)CO. The van der Waals surface area contributed by atoms with Crippen molar-refractivity contribution in [2.45, 2.75) is 141 Å². The molecule has 2 unspecified atom stereocenters. The van der Waals surface area contributed by atoms with E-state index in [0.717, 1.165) is 25.7 Å². The molecule has 8 nitrogen and oxygen atoms in total. The van der Waals surface area contributed by atoms with E-state index in [1.54, 1.807) is 0 Å². The van der Waals surface area contributed by atoms with Gasteiger partial charge in [0, 0.05) is 0 Å². The van der Waals surface area contributed by atoms with Crippen LogP contribution < -0.4 is 11.5 Å². The van der Waals surface area contributed by atoms with Gasteiger partial charge in [0.1, 0.15) is 12.1 Å². The molecule has 0 spiro atoms. The third-order valence-electron chi connectivity index (χ3n) is 6.53. The van der Waals surface area contributed by atoms with E-state index in [4.69, 9.17) is 31.2 Å². The van der Waals surface area contributed by atoms with Crippen molar-refractivity contribution in [1.29, 1.82) is 0 Å². The van der Waals surface area contributed by atoms with Crippen molar-refractivity contribution in [2.24, 2.45) is 11.5 Å². The molecule has 0 amide bonds. The lowest BCUT2D eigenvalue weighted by Crippen LogP contribution is -2.35. The molecular formula is C28H56N2O6. The molecule has 0 bridgehead atoms. The standard InChI is InChI=1S/C28H56N2O6/c29-25(23-31)27(33)35-21-19-17-15-13-11-9-7-5-3-1-2-4-6-8-10-12-14-16-18-20-22-36-28(34)26(30)24-32/h25-26,31-32H,1-24,29-30H2. The summed E-state index contributed by atoms with van der Waals surface area (Å²) in [5.41, 5.74) is 10.8. The Hall–Kier alpha value is -1.22. The Kier molecular flexibility index (Phi) is 25.9. The van der Waals surface area contributed by atoms with E-state index in [9.17, 15) is 9.59 Å². The van der Waals surface area contributed by atoms with Crippen molar-refractivity contribution < 1.29 is 29.3 Å². The normalized spacial score (nSPS) is 12.9. The quantitative estimate of drug-likeness (QED) is 0.0921. The lowest BCUT2D eigenvalue weighted by molar-refractivity contribution is -0.147. The van der Waals surface area contributed by atoms with Crippen LogP contribution in [0.2, 0.25) is 0 Å². The van der Waals surface area contributed by atoms with Crippen LogP contribution >= 0.6 is 0 Å². The molecule has 0 aromatic rings. The summed E-state index contributed by atoms with van der Waals surface area (Å²) in [5, 5.41) is 17.5. The number of hydrogen-bond acceptors (Lipinski definition) is 8. The lowest BCUT2D eigenvalue weighted by atomic mass is 10.0. The second kappa shape index (κ2) is 26.8. The number of hydrogen-bond donors (Lipinski definition) is 4. The first kappa shape index (κ1) is 34.8. The first-order chi connectivity index (χ1) is 17.5. The highest BCUT2D eigenvalue weighted by atomic mass is 16.5. The number of rotatable bonds is 27. The molecule has 0 rings (SSSR count). The Morgan fingerprint density at radius 3 is 0.833 bits per heavy atom. The summed E-state index contributed by atoms with van der Waals surface area (Å²) in [6, 6.07) is -1.81. The molecule has 0 aliphatic carbocycles. The molecule has 0 radical (unpaired) electrons. The van der Waals surface area contributed by atoms with E-state index in [1.807, 2.05) is 0 Å². The number of carbonyl (C=O) groups is 2. The molecule has 8 heteroatoms. The zero-order valence-electron chi connectivity index (χ0n) is 22.8. The Labute approximate surface area is 219 Å². The molecule has 0 aromatic heterocycles. The van der Waals surface area contributed by atoms with Gasteiger partial charge in [0.15, 0.2) is 0 Å². The summed E-state index contributed by atoms with van der Waals surface area (Å²) >= 11 is 0. The van der Waals surface area contributed by atoms with Crippen molar-refractivity contribution in [3.63, 3.8) is 0 Å². The number of unbranched alkanes of at least 4 members (excludes halogenated alkanes) is 19. The maximum atomic E-state index is 11.3. The summed E-state index contributed by atoms with van der Waals surface area (Å²) in [6.07, 6.45) is 24.8. The molecule has 0 aromatic carbocycles. The van der Waals surface area contributed by atoms with Gasteiger partial charge in [-0.1, -0.05) is 116 Å². The fraction of sp³-hybridized carbons (Fsp3) is 0.929. The van der Waals surface area contributed by atoms with Crippen molar-refractivity contribution in [2.75, 3.05) is 26.4 Å². The summed E-state index contributed by atoms with van der Waals surface area (Å²) < 4.78 is 10.0. The van der Waals surface area contributed by atoms with Crippen molar-refractivity contribution >= 4 is 11.9 Å². The third-order valence-corrected chi connectivity index (χ3v) is 6.53. The minimum absolute atomic E-state index is 0.365. The first-order valence-electron chi connectivity index (χ1n) is 14.6. The fourth-order valence-corrected chi connectivity index (χ4v) is 4.09. The molecule has 0 fully saturated rings. The van der Waals surface area contributed by atoms with Crippen LogP contribution in [-0.4, -0.2) is 60.7 Å². The minimum Gasteiger partial charge on any atom is -0.464 e. The number of esters is 2. The highest BCUT2D eigenvalue weighted by molar-refractivity contribution is 5.75. The van der Waals surface area contributed by atoms with Gasteiger partial charge in [0.25, 0.3) is 0 Å². The van der Waals surface area contributed by atoms with Crippen LogP contribution in [0.5, 0.6) is 0 Å². The van der Waals surface area contributed by atoms with Gasteiger partial charge in [0.05, 0.1) is 26.4 Å². The third kappa shape index (κ3) is 23.2. The molecule has 0 saturated carbocycles. The molecule has 6 N–H and O–H groups in total. The topological polar surface area (TPSA) is 145 Å². The van der Waals surface area contributed by atoms with Gasteiger partial charge in [-0.25, -0.2) is 0 Å². The number of nitrogens with two attached hydrogens (primary N) is 2. The van der Waals surface area contributed by atoms with E-state index in [-0.39, 0.29) is 13.2 Å². The smallest absolute Gasteiger partial charge is 0.325 e. The van der Waals surface area contributed by atoms with Crippen LogP contribution in [0.3, 0.4) is 0 Å². The van der Waals surface area contributed by atoms with Crippen molar-refractivity contribution in [3.8, 4) is 0 Å². The van der Waals surface area contributed by atoms with Gasteiger partial charge in [-0.05, 0) is 12.8 Å². The van der Waals surface area contributed by atoms with Gasteiger partial charge in [0.2, 0.25) is 0 Å². The Balaban J connectivity index is 3.14. The number of aliphatic hydroxyl groups is 2. The van der Waals surface area contributed by atoms with Gasteiger partial charge in [-0.3, -0.25) is 9.59 Å². The second-order valence-electron chi connectivity index (χ2n) is 9.98. The predicted octanol–water partition coefficient (Wildman–Crippen LogP) is 4.51. The van der Waals surface area contributed by atoms with E-state index >= 15 is 0 Å². The molecule has 0 heterocycles. The van der Waals surface area contributed by atoms with Crippen LogP contribution in [0.15, 0.2) is 0 Å². The van der Waals surface area contributed by atoms with Gasteiger partial charge >= 0.3 is 11.9 Å². The number of ether oxygens (including phenoxy) is 2.